The second-order valence-corrected chi connectivity index (χ2v) is 5.68. The fourth-order valence-corrected chi connectivity index (χ4v) is 2.96. The quantitative estimate of drug-likeness (QED) is 0.624. The maximum Gasteiger partial charge on any atom is 0.340 e. The van der Waals surface area contributed by atoms with E-state index in [1.54, 1.807) is 0 Å². The lowest BCUT2D eigenvalue weighted by Crippen LogP contribution is -2.37. The number of hydrogen-bond acceptors (Lipinski definition) is 6. The van der Waals surface area contributed by atoms with Crippen LogP contribution in [0.4, 0.5) is 0 Å². The standard InChI is InChI=1S/C10H17N3O6S/c1-18-5-3-13(4-6-19-2)20(16,17)9-8(10(14)15)7-11-12-9/h7H,3-6H2,1-2H3,(H,11,12)(H,14,15). The Morgan fingerprint density at radius 1 is 1.35 bits per heavy atom. The van der Waals surface area contributed by atoms with E-state index >= 15 is 0 Å². The second-order valence-electron chi connectivity index (χ2n) is 3.81. The molecule has 0 fully saturated rings. The number of aromatic nitrogens is 2. The van der Waals surface area contributed by atoms with Crippen LogP contribution in [0.25, 0.3) is 0 Å². The molecule has 1 aromatic rings. The van der Waals surface area contributed by atoms with Crippen molar-refractivity contribution in [2.24, 2.45) is 0 Å². The number of carboxylic acids is 1. The van der Waals surface area contributed by atoms with E-state index in [9.17, 15) is 13.2 Å². The number of nitrogens with zero attached hydrogens (tertiary/aromatic N) is 2. The lowest BCUT2D eigenvalue weighted by molar-refractivity contribution is 0.0692. The molecular weight excluding hydrogens is 290 g/mol. The second kappa shape index (κ2) is 7.33. The minimum Gasteiger partial charge on any atom is -0.478 e. The van der Waals surface area contributed by atoms with Gasteiger partial charge in [0.2, 0.25) is 0 Å². The number of nitrogens with one attached hydrogen (secondary N) is 1. The van der Waals surface area contributed by atoms with Crippen LogP contribution in [0.1, 0.15) is 10.4 Å². The molecule has 1 aromatic heterocycles. The Kier molecular flexibility index (Phi) is 6.07. The molecular formula is C10H17N3O6S. The molecule has 0 atom stereocenters. The van der Waals surface area contributed by atoms with Crippen molar-refractivity contribution < 1.29 is 27.8 Å². The van der Waals surface area contributed by atoms with Gasteiger partial charge < -0.3 is 14.6 Å². The molecule has 0 aliphatic rings. The third-order valence-corrected chi connectivity index (χ3v) is 4.39. The van der Waals surface area contributed by atoms with Gasteiger partial charge in [-0.1, -0.05) is 0 Å². The van der Waals surface area contributed by atoms with Crippen LogP contribution >= 0.6 is 0 Å². The van der Waals surface area contributed by atoms with Gasteiger partial charge in [0.1, 0.15) is 5.56 Å². The van der Waals surface area contributed by atoms with E-state index in [2.05, 4.69) is 10.2 Å². The first-order valence-corrected chi connectivity index (χ1v) is 7.13. The molecule has 1 rings (SSSR count). The third kappa shape index (κ3) is 3.76. The average molecular weight is 307 g/mol. The molecule has 10 heteroatoms. The number of hydrogen-bond donors (Lipinski definition) is 2. The Labute approximate surface area is 116 Å². The highest BCUT2D eigenvalue weighted by atomic mass is 32.2. The van der Waals surface area contributed by atoms with E-state index in [1.165, 1.54) is 14.2 Å². The number of carboxylic acid groups (broad SMARTS) is 1. The van der Waals surface area contributed by atoms with Crippen molar-refractivity contribution in [1.82, 2.24) is 14.5 Å². The van der Waals surface area contributed by atoms with Crippen LogP contribution in [0.2, 0.25) is 0 Å². The van der Waals surface area contributed by atoms with Crippen LogP contribution < -0.4 is 0 Å². The number of H-pyrrole nitrogens is 1. The zero-order valence-corrected chi connectivity index (χ0v) is 12.0. The van der Waals surface area contributed by atoms with E-state index in [1.807, 2.05) is 0 Å². The van der Waals surface area contributed by atoms with Crippen molar-refractivity contribution in [3.63, 3.8) is 0 Å². The van der Waals surface area contributed by atoms with Crippen molar-refractivity contribution in [2.45, 2.75) is 5.03 Å². The molecule has 9 nitrogen and oxygen atoms in total. The molecule has 0 aromatic carbocycles. The number of methoxy groups -OCH3 is 2. The summed E-state index contributed by atoms with van der Waals surface area (Å²) in [4.78, 5) is 11.0. The normalized spacial score (nSPS) is 11.9. The smallest absolute Gasteiger partial charge is 0.340 e. The van der Waals surface area contributed by atoms with E-state index < -0.39 is 26.6 Å². The van der Waals surface area contributed by atoms with Gasteiger partial charge in [-0.15, -0.1) is 0 Å². The van der Waals surface area contributed by atoms with E-state index in [4.69, 9.17) is 14.6 Å². The molecule has 0 unspecified atom stereocenters. The number of sulfonamides is 1. The van der Waals surface area contributed by atoms with Gasteiger partial charge in [0.05, 0.1) is 19.4 Å². The van der Waals surface area contributed by atoms with Gasteiger partial charge in [-0.05, 0) is 0 Å². The molecule has 0 spiro atoms. The number of rotatable bonds is 9. The van der Waals surface area contributed by atoms with Gasteiger partial charge in [0.15, 0.2) is 5.03 Å². The predicted molar refractivity (Wildman–Crippen MR) is 68.1 cm³/mol. The summed E-state index contributed by atoms with van der Waals surface area (Å²) in [5, 5.41) is 14.2. The Balaban J connectivity index is 3.07. The SMILES string of the molecule is COCCN(CCOC)S(=O)(=O)c1[nH]ncc1C(=O)O. The van der Waals surface area contributed by atoms with Crippen molar-refractivity contribution in [2.75, 3.05) is 40.5 Å². The van der Waals surface area contributed by atoms with Crippen molar-refractivity contribution in [1.29, 1.82) is 0 Å². The number of ether oxygens (including phenoxy) is 2. The maximum atomic E-state index is 12.4. The Morgan fingerprint density at radius 2 is 1.90 bits per heavy atom. The van der Waals surface area contributed by atoms with Crippen molar-refractivity contribution in [3.8, 4) is 0 Å². The molecule has 0 saturated heterocycles. The largest absolute Gasteiger partial charge is 0.478 e. The molecule has 0 bridgehead atoms. The summed E-state index contributed by atoms with van der Waals surface area (Å²) in [7, 11) is -1.11. The summed E-state index contributed by atoms with van der Waals surface area (Å²) in [6, 6.07) is 0. The van der Waals surface area contributed by atoms with Crippen molar-refractivity contribution in [3.05, 3.63) is 11.8 Å². The minimum atomic E-state index is -4.00. The Bertz CT molecular complexity index is 533. The molecule has 0 amide bonds. The predicted octanol–water partition coefficient (Wildman–Crippen LogP) is -0.609. The molecule has 1 heterocycles. The first kappa shape index (κ1) is 16.6. The summed E-state index contributed by atoms with van der Waals surface area (Å²) in [5.41, 5.74) is -0.398. The lowest BCUT2D eigenvalue weighted by atomic mass is 10.4. The molecule has 20 heavy (non-hydrogen) atoms. The topological polar surface area (TPSA) is 122 Å². The number of aromatic carboxylic acids is 1. The molecule has 0 aliphatic heterocycles. The van der Waals surface area contributed by atoms with E-state index in [-0.39, 0.29) is 26.3 Å². The molecule has 2 N–H and O–H groups in total. The number of aromatic amines is 1. The summed E-state index contributed by atoms with van der Waals surface area (Å²) in [6.07, 6.45) is 0.958. The van der Waals surface area contributed by atoms with Gasteiger partial charge >= 0.3 is 5.97 Å². The fourth-order valence-electron chi connectivity index (χ4n) is 1.49. The first-order chi connectivity index (χ1) is 9.45. The fraction of sp³-hybridized carbons (Fsp3) is 0.600. The van der Waals surface area contributed by atoms with E-state index in [0.717, 1.165) is 10.5 Å². The van der Waals surface area contributed by atoms with Crippen LogP contribution in [0, 0.1) is 0 Å². The van der Waals surface area contributed by atoms with Crippen LogP contribution in [0.5, 0.6) is 0 Å². The monoisotopic (exact) mass is 307 g/mol. The molecule has 0 saturated carbocycles. The zero-order valence-electron chi connectivity index (χ0n) is 11.2. The Morgan fingerprint density at radius 3 is 2.35 bits per heavy atom. The zero-order chi connectivity index (χ0) is 15.2. The van der Waals surface area contributed by atoms with Crippen LogP contribution in [-0.4, -0.2) is 74.5 Å². The summed E-state index contributed by atoms with van der Waals surface area (Å²) >= 11 is 0. The lowest BCUT2D eigenvalue weighted by Gasteiger charge is -2.20. The van der Waals surface area contributed by atoms with Gasteiger partial charge in [-0.25, -0.2) is 13.2 Å². The van der Waals surface area contributed by atoms with E-state index in [0.29, 0.717) is 0 Å². The van der Waals surface area contributed by atoms with Gasteiger partial charge in [0.25, 0.3) is 10.0 Å². The highest BCUT2D eigenvalue weighted by Crippen LogP contribution is 2.17. The molecule has 0 aliphatic carbocycles. The maximum absolute atomic E-state index is 12.4. The van der Waals surface area contributed by atoms with Gasteiger partial charge in [0, 0.05) is 27.3 Å². The molecule has 114 valence electrons. The highest BCUT2D eigenvalue weighted by Gasteiger charge is 2.30. The average Bonchev–Trinajstić information content (AvgIpc) is 2.88. The van der Waals surface area contributed by atoms with Gasteiger partial charge in [-0.2, -0.15) is 9.40 Å². The van der Waals surface area contributed by atoms with Gasteiger partial charge in [-0.3, -0.25) is 5.10 Å². The summed E-state index contributed by atoms with van der Waals surface area (Å²) < 4.78 is 35.6. The third-order valence-electron chi connectivity index (χ3n) is 2.52. The van der Waals surface area contributed by atoms with Crippen LogP contribution in [-0.2, 0) is 19.5 Å². The number of carbonyl (C=O) groups is 1. The van der Waals surface area contributed by atoms with Crippen molar-refractivity contribution >= 4 is 16.0 Å². The Hall–Kier alpha value is -1.49. The molecule has 0 radical (unpaired) electrons. The minimum absolute atomic E-state index is 0.0836. The van der Waals surface area contributed by atoms with Crippen LogP contribution in [0.3, 0.4) is 0 Å². The highest BCUT2D eigenvalue weighted by molar-refractivity contribution is 7.89. The summed E-state index contributed by atoms with van der Waals surface area (Å²) in [5.74, 6) is -1.37. The van der Waals surface area contributed by atoms with Crippen LogP contribution in [0.15, 0.2) is 11.2 Å². The first-order valence-electron chi connectivity index (χ1n) is 5.69. The summed E-state index contributed by atoms with van der Waals surface area (Å²) in [6.45, 7) is 0.527.